The number of unbranched alkanes of at least 4 members (excludes halogenated alkanes) is 31. The Labute approximate surface area is 349 Å². The molecule has 0 saturated heterocycles. The van der Waals surface area contributed by atoms with Crippen LogP contribution in [0.2, 0.25) is 0 Å². The Morgan fingerprint density at radius 3 is 1.27 bits per heavy atom. The van der Waals surface area contributed by atoms with E-state index in [2.05, 4.69) is 38.2 Å². The van der Waals surface area contributed by atoms with E-state index in [-0.39, 0.29) is 24.9 Å². The van der Waals surface area contributed by atoms with Gasteiger partial charge in [-0.1, -0.05) is 219 Å². The Morgan fingerprint density at radius 1 is 0.500 bits per heavy atom. The van der Waals surface area contributed by atoms with Crippen molar-refractivity contribution in [2.75, 3.05) is 6.61 Å². The third-order valence-corrected chi connectivity index (χ3v) is 11.6. The number of carbonyl (C=O) groups excluding carboxylic acids is 2. The Kier molecular flexibility index (Phi) is 43.6. The summed E-state index contributed by atoms with van der Waals surface area (Å²) in [6.45, 7) is 6.47. The summed E-state index contributed by atoms with van der Waals surface area (Å²) in [6.07, 6.45) is 48.4. The van der Waals surface area contributed by atoms with Gasteiger partial charge in [-0.05, 0) is 51.4 Å². The predicted octanol–water partition coefficient (Wildman–Crippen LogP) is 14.6. The van der Waals surface area contributed by atoms with Gasteiger partial charge in [0.15, 0.2) is 0 Å². The van der Waals surface area contributed by atoms with Crippen molar-refractivity contribution in [3.8, 4) is 0 Å². The van der Waals surface area contributed by atoms with E-state index in [1.54, 1.807) is 0 Å². The zero-order valence-electron chi connectivity index (χ0n) is 37.8. The van der Waals surface area contributed by atoms with Crippen LogP contribution < -0.4 is 5.32 Å². The number of hydrogen-bond acceptors (Lipinski definition) is 5. The summed E-state index contributed by atoms with van der Waals surface area (Å²) in [5.41, 5.74) is 0. The quantitative estimate of drug-likeness (QED) is 0.0324. The second-order valence-corrected chi connectivity index (χ2v) is 17.2. The Hall–Kier alpha value is -1.40. The molecule has 1 amide bonds. The number of ether oxygens (including phenoxy) is 1. The average Bonchev–Trinajstić information content (AvgIpc) is 3.19. The van der Waals surface area contributed by atoms with E-state index in [0.29, 0.717) is 19.3 Å². The van der Waals surface area contributed by atoms with Crippen LogP contribution in [-0.4, -0.2) is 46.9 Å². The van der Waals surface area contributed by atoms with Crippen LogP contribution in [-0.2, 0) is 14.3 Å². The summed E-state index contributed by atoms with van der Waals surface area (Å²) in [5.74, 6) is -0.471. The van der Waals surface area contributed by atoms with Crippen molar-refractivity contribution in [2.45, 2.75) is 289 Å². The molecule has 0 spiro atoms. The molecular formula is C50H97NO5. The zero-order chi connectivity index (χ0) is 41.0. The van der Waals surface area contributed by atoms with Crippen molar-refractivity contribution in [1.82, 2.24) is 5.32 Å². The fourth-order valence-electron chi connectivity index (χ4n) is 7.78. The number of aliphatic hydroxyl groups excluding tert-OH is 2. The van der Waals surface area contributed by atoms with Crippen molar-refractivity contribution in [3.63, 3.8) is 0 Å². The SMILES string of the molecule is CCCCCCCC/C=C/CCCCCCCC(CC(=O)NC(CO)C(O)CCCCCCCCCCCCCCC)OC(=O)CCCCCCCCCCC. The molecule has 3 N–H and O–H groups in total. The van der Waals surface area contributed by atoms with Gasteiger partial charge in [0.05, 0.1) is 25.2 Å². The third-order valence-electron chi connectivity index (χ3n) is 11.6. The minimum absolute atomic E-state index is 0.0782. The highest BCUT2D eigenvalue weighted by molar-refractivity contribution is 5.77. The van der Waals surface area contributed by atoms with Crippen LogP contribution in [0.5, 0.6) is 0 Å². The van der Waals surface area contributed by atoms with Crippen LogP contribution >= 0.6 is 0 Å². The lowest BCUT2D eigenvalue weighted by Gasteiger charge is -2.24. The van der Waals surface area contributed by atoms with E-state index < -0.39 is 18.2 Å². The molecule has 6 nitrogen and oxygen atoms in total. The summed E-state index contributed by atoms with van der Waals surface area (Å²) in [7, 11) is 0. The molecule has 0 aromatic heterocycles. The van der Waals surface area contributed by atoms with Crippen LogP contribution in [0.1, 0.15) is 271 Å². The molecule has 6 heteroatoms. The zero-order valence-corrected chi connectivity index (χ0v) is 37.8. The molecule has 0 fully saturated rings. The highest BCUT2D eigenvalue weighted by Gasteiger charge is 2.24. The maximum absolute atomic E-state index is 13.2. The third kappa shape index (κ3) is 39.4. The maximum atomic E-state index is 13.2. The average molecular weight is 792 g/mol. The van der Waals surface area contributed by atoms with Gasteiger partial charge in [-0.2, -0.15) is 0 Å². The van der Waals surface area contributed by atoms with Crippen LogP contribution in [0.15, 0.2) is 12.2 Å². The van der Waals surface area contributed by atoms with Crippen LogP contribution in [0.4, 0.5) is 0 Å². The molecule has 56 heavy (non-hydrogen) atoms. The number of hydrogen-bond donors (Lipinski definition) is 3. The topological polar surface area (TPSA) is 95.9 Å². The van der Waals surface area contributed by atoms with Gasteiger partial charge < -0.3 is 20.3 Å². The molecule has 0 rings (SSSR count). The minimum Gasteiger partial charge on any atom is -0.462 e. The van der Waals surface area contributed by atoms with Gasteiger partial charge in [-0.3, -0.25) is 9.59 Å². The molecular weight excluding hydrogens is 695 g/mol. The highest BCUT2D eigenvalue weighted by Crippen LogP contribution is 2.18. The Bertz CT molecular complexity index is 847. The smallest absolute Gasteiger partial charge is 0.306 e. The predicted molar refractivity (Wildman–Crippen MR) is 241 cm³/mol. The number of amides is 1. The monoisotopic (exact) mass is 792 g/mol. The van der Waals surface area contributed by atoms with E-state index in [4.69, 9.17) is 4.74 Å². The summed E-state index contributed by atoms with van der Waals surface area (Å²) < 4.78 is 5.91. The second kappa shape index (κ2) is 44.7. The Morgan fingerprint density at radius 2 is 0.857 bits per heavy atom. The molecule has 0 saturated carbocycles. The molecule has 0 aromatic carbocycles. The molecule has 0 aliphatic rings. The normalized spacial score (nSPS) is 13.3. The van der Waals surface area contributed by atoms with Gasteiger partial charge in [-0.15, -0.1) is 0 Å². The molecule has 0 aromatic rings. The number of rotatable bonds is 45. The van der Waals surface area contributed by atoms with Crippen molar-refractivity contribution in [2.24, 2.45) is 0 Å². The van der Waals surface area contributed by atoms with Gasteiger partial charge in [0.1, 0.15) is 6.10 Å². The maximum Gasteiger partial charge on any atom is 0.306 e. The number of aliphatic hydroxyl groups is 2. The van der Waals surface area contributed by atoms with Crippen LogP contribution in [0, 0.1) is 0 Å². The first-order valence-electron chi connectivity index (χ1n) is 24.9. The van der Waals surface area contributed by atoms with Crippen LogP contribution in [0.3, 0.4) is 0 Å². The van der Waals surface area contributed by atoms with E-state index in [0.717, 1.165) is 57.8 Å². The summed E-state index contributed by atoms with van der Waals surface area (Å²) in [5, 5.41) is 23.7. The summed E-state index contributed by atoms with van der Waals surface area (Å²) >= 11 is 0. The van der Waals surface area contributed by atoms with E-state index in [1.807, 2.05) is 0 Å². The lowest BCUT2D eigenvalue weighted by atomic mass is 10.0. The molecule has 0 aliphatic heterocycles. The van der Waals surface area contributed by atoms with E-state index in [9.17, 15) is 19.8 Å². The van der Waals surface area contributed by atoms with Crippen molar-refractivity contribution in [1.29, 1.82) is 0 Å². The fraction of sp³-hybridized carbons (Fsp3) is 0.920. The minimum atomic E-state index is -0.783. The molecule has 3 unspecified atom stereocenters. The number of esters is 1. The number of nitrogens with one attached hydrogen (secondary N) is 1. The fourth-order valence-corrected chi connectivity index (χ4v) is 7.78. The summed E-state index contributed by atoms with van der Waals surface area (Å²) in [4.78, 5) is 26.0. The van der Waals surface area contributed by atoms with Gasteiger partial charge in [0.25, 0.3) is 0 Å². The van der Waals surface area contributed by atoms with Crippen molar-refractivity contribution in [3.05, 3.63) is 12.2 Å². The lowest BCUT2D eigenvalue weighted by molar-refractivity contribution is -0.151. The molecule has 0 radical (unpaired) electrons. The van der Waals surface area contributed by atoms with Gasteiger partial charge in [0.2, 0.25) is 5.91 Å². The second-order valence-electron chi connectivity index (χ2n) is 17.2. The van der Waals surface area contributed by atoms with Crippen molar-refractivity contribution >= 4 is 11.9 Å². The molecule has 332 valence electrons. The van der Waals surface area contributed by atoms with E-state index in [1.165, 1.54) is 167 Å². The molecule has 0 heterocycles. The van der Waals surface area contributed by atoms with Gasteiger partial charge in [-0.25, -0.2) is 0 Å². The van der Waals surface area contributed by atoms with Crippen LogP contribution in [0.25, 0.3) is 0 Å². The van der Waals surface area contributed by atoms with Gasteiger partial charge >= 0.3 is 5.97 Å². The van der Waals surface area contributed by atoms with Crippen molar-refractivity contribution < 1.29 is 24.5 Å². The van der Waals surface area contributed by atoms with Gasteiger partial charge in [0, 0.05) is 6.42 Å². The van der Waals surface area contributed by atoms with E-state index >= 15 is 0 Å². The first kappa shape index (κ1) is 54.6. The first-order valence-corrected chi connectivity index (χ1v) is 24.9. The Balaban J connectivity index is 4.53. The lowest BCUT2D eigenvalue weighted by Crippen LogP contribution is -2.46. The largest absolute Gasteiger partial charge is 0.462 e. The molecule has 3 atom stereocenters. The number of carbonyl (C=O) groups is 2. The summed E-state index contributed by atoms with van der Waals surface area (Å²) in [6, 6.07) is -0.696. The number of allylic oxidation sites excluding steroid dienone is 2. The first-order chi connectivity index (χ1) is 27.5. The molecule has 0 bridgehead atoms. The highest BCUT2D eigenvalue weighted by atomic mass is 16.5. The standard InChI is InChI=1S/C50H97NO5/c1-4-7-10-13-16-19-21-23-24-26-27-30-32-35-38-41-46(56-50(55)43-40-37-34-29-18-15-12-9-6-3)44-49(54)51-47(45-52)48(53)42-39-36-33-31-28-25-22-20-17-14-11-8-5-2/h23-24,46-48,52-53H,4-22,25-45H2,1-3H3,(H,51,54)/b24-23+. The molecule has 0 aliphatic carbocycles.